The summed E-state index contributed by atoms with van der Waals surface area (Å²) in [5.74, 6) is -3.09. The number of hydrogen-bond donors (Lipinski definition) is 2. The van der Waals surface area contributed by atoms with E-state index in [9.17, 15) is 48.0 Å². The molecule has 2 aromatic carbocycles. The molecule has 0 aliphatic heterocycles. The number of nitrogens with one attached hydrogen (secondary N) is 2. The third-order valence-corrected chi connectivity index (χ3v) is 15.2. The number of sulfonamides is 1. The van der Waals surface area contributed by atoms with Crippen molar-refractivity contribution in [3.05, 3.63) is 105 Å². The molecule has 3 aliphatic carbocycles. The molecule has 0 radical (unpaired) electrons. The summed E-state index contributed by atoms with van der Waals surface area (Å²) in [5, 5.41) is 9.43. The van der Waals surface area contributed by atoms with Gasteiger partial charge in [0.05, 0.1) is 32.9 Å². The number of fused-ring (bicyclic) bond motifs is 4. The number of pyridine rings is 1. The number of halogens is 9. The van der Waals surface area contributed by atoms with E-state index in [1.165, 1.54) is 38.1 Å². The maximum absolute atomic E-state index is 15.4. The highest BCUT2D eigenvalue weighted by Crippen LogP contribution is 2.63. The van der Waals surface area contributed by atoms with E-state index in [0.717, 1.165) is 29.1 Å². The van der Waals surface area contributed by atoms with Crippen molar-refractivity contribution in [2.75, 3.05) is 11.0 Å². The summed E-state index contributed by atoms with van der Waals surface area (Å²) in [7, 11) is -7.83. The number of carbonyl (C=O) groups is 1. The van der Waals surface area contributed by atoms with E-state index in [-0.39, 0.29) is 49.8 Å². The first-order chi connectivity index (χ1) is 29.9. The second-order valence-corrected chi connectivity index (χ2v) is 21.1. The van der Waals surface area contributed by atoms with Crippen LogP contribution >= 0.6 is 11.6 Å². The lowest BCUT2D eigenvalue weighted by molar-refractivity contribution is -0.122. The Morgan fingerprint density at radius 1 is 0.969 bits per heavy atom. The third-order valence-electron chi connectivity index (χ3n) is 11.1. The molecule has 1 amide bonds. The van der Waals surface area contributed by atoms with Gasteiger partial charge in [0.1, 0.15) is 46.6 Å². The van der Waals surface area contributed by atoms with Gasteiger partial charge >= 0.3 is 5.92 Å². The summed E-state index contributed by atoms with van der Waals surface area (Å²) in [5.41, 5.74) is -3.29. The number of nitrogens with zero attached hydrogens (tertiary/aromatic N) is 5. The molecule has 2 N–H and O–H groups in total. The van der Waals surface area contributed by atoms with Gasteiger partial charge in [-0.05, 0) is 74.9 Å². The van der Waals surface area contributed by atoms with E-state index >= 15 is 8.78 Å². The fraction of sp³-hybridized carbons (Fsp3) is 0.366. The number of carbonyl (C=O) groups excluding carboxylic acids is 1. The lowest BCUT2D eigenvalue weighted by Gasteiger charge is -2.23. The molecule has 2 unspecified atom stereocenters. The minimum atomic E-state index is -4.04. The average Bonchev–Trinajstić information content (AvgIpc) is 4.10. The summed E-state index contributed by atoms with van der Waals surface area (Å²) < 4.78 is 170. The van der Waals surface area contributed by atoms with Gasteiger partial charge in [-0.25, -0.2) is 48.2 Å². The van der Waals surface area contributed by atoms with E-state index in [1.54, 1.807) is 0 Å². The largest absolute Gasteiger partial charge is 0.346 e. The minimum absolute atomic E-state index is 0.00572. The highest BCUT2D eigenvalue weighted by Gasteiger charge is 2.60. The van der Waals surface area contributed by atoms with Gasteiger partial charge in [-0.15, -0.1) is 0 Å². The maximum Gasteiger partial charge on any atom is 0.311 e. The van der Waals surface area contributed by atoms with Gasteiger partial charge in [0.15, 0.2) is 15.7 Å². The van der Waals surface area contributed by atoms with Crippen LogP contribution in [0.4, 0.5) is 40.9 Å². The molecule has 64 heavy (non-hydrogen) atoms. The SMILES string of the molecule is CC(C)(C#Cc1ccc(-c2ccc(Cl)c3c(NS(=O)(=O)C4CC4)nn(CC(F)F)c23)c(C(Cc2cc(F)cc(F)c2)NC(=O)Cn2nc(C(F)F)c3c2C(F)(F)C2=CC23)n1)S(C)(=O)=O. The monoisotopic (exact) mass is 955 g/mol. The summed E-state index contributed by atoms with van der Waals surface area (Å²) >= 11 is 6.62. The Bertz CT molecular complexity index is 3080. The highest BCUT2D eigenvalue weighted by atomic mass is 35.5. The molecule has 1 fully saturated rings. The van der Waals surface area contributed by atoms with Gasteiger partial charge in [-0.1, -0.05) is 29.7 Å². The Morgan fingerprint density at radius 2 is 1.64 bits per heavy atom. The van der Waals surface area contributed by atoms with Crippen LogP contribution in [-0.2, 0) is 50.1 Å². The molecule has 5 aromatic rings. The zero-order valence-electron chi connectivity index (χ0n) is 33.5. The van der Waals surface area contributed by atoms with Gasteiger partial charge in [-0.2, -0.15) is 19.0 Å². The van der Waals surface area contributed by atoms with Gasteiger partial charge in [0, 0.05) is 40.5 Å². The number of anilines is 1. The van der Waals surface area contributed by atoms with Crippen molar-refractivity contribution in [3.8, 4) is 23.0 Å². The summed E-state index contributed by atoms with van der Waals surface area (Å²) in [6.45, 7) is 0.504. The van der Waals surface area contributed by atoms with Crippen molar-refractivity contribution in [1.82, 2.24) is 29.9 Å². The molecule has 338 valence electrons. The van der Waals surface area contributed by atoms with Crippen molar-refractivity contribution in [3.63, 3.8) is 0 Å². The smallest absolute Gasteiger partial charge is 0.311 e. The van der Waals surface area contributed by atoms with Gasteiger partial charge in [0.2, 0.25) is 15.9 Å². The average molecular weight is 956 g/mol. The molecule has 3 aliphatic rings. The Morgan fingerprint density at radius 3 is 2.27 bits per heavy atom. The van der Waals surface area contributed by atoms with Crippen molar-refractivity contribution < 1.29 is 56.8 Å². The van der Waals surface area contributed by atoms with Crippen LogP contribution in [0.25, 0.3) is 22.0 Å². The van der Waals surface area contributed by atoms with Crippen molar-refractivity contribution in [2.45, 2.75) is 86.9 Å². The molecule has 3 aromatic heterocycles. The molecule has 0 bridgehead atoms. The van der Waals surface area contributed by atoms with Crippen molar-refractivity contribution in [1.29, 1.82) is 0 Å². The van der Waals surface area contributed by atoms with E-state index in [2.05, 4.69) is 37.1 Å². The second-order valence-electron chi connectivity index (χ2n) is 16.1. The number of alkyl halides is 6. The van der Waals surface area contributed by atoms with Crippen LogP contribution in [0.2, 0.25) is 5.02 Å². The zero-order valence-corrected chi connectivity index (χ0v) is 35.9. The standard InChI is InChI=1S/C41H34ClF8N7O5S2/c1-40(2,63(3,59)60)11-10-22-4-7-24(25-8-9-28(42)33-36(25)56(17-30(45)46)54-39(33)55-64(61,62)23-5-6-23)34(51-22)29(14-19-12-20(43)15-21(44)13-19)52-31(58)18-57-37-32(35(53-57)38(47)48)26-16-27(26)41(37,49)50/h4,7-9,12-13,15-16,23,26,29-30,38H,5-6,14,17-18H2,1-3H3,(H,52,58)(H,54,55). The molecule has 0 spiro atoms. The number of hydrogen-bond acceptors (Lipinski definition) is 8. The van der Waals surface area contributed by atoms with E-state index < -0.39 is 120 Å². The molecular weight excluding hydrogens is 922 g/mol. The number of benzene rings is 2. The first-order valence-electron chi connectivity index (χ1n) is 19.3. The normalized spacial score (nSPS) is 17.2. The Balaban J connectivity index is 1.32. The third kappa shape index (κ3) is 8.44. The van der Waals surface area contributed by atoms with Crippen LogP contribution in [0.3, 0.4) is 0 Å². The fourth-order valence-electron chi connectivity index (χ4n) is 7.55. The number of sulfone groups is 1. The highest BCUT2D eigenvalue weighted by molar-refractivity contribution is 7.93. The topological polar surface area (TPSA) is 158 Å². The fourth-order valence-corrected chi connectivity index (χ4v) is 9.36. The predicted octanol–water partition coefficient (Wildman–Crippen LogP) is 7.74. The van der Waals surface area contributed by atoms with Crippen LogP contribution in [0.5, 0.6) is 0 Å². The molecule has 1 saturated carbocycles. The molecule has 8 rings (SSSR count). The Kier molecular flexibility index (Phi) is 11.2. The summed E-state index contributed by atoms with van der Waals surface area (Å²) in [4.78, 5) is 18.7. The lowest BCUT2D eigenvalue weighted by Crippen LogP contribution is -2.35. The number of amides is 1. The summed E-state index contributed by atoms with van der Waals surface area (Å²) in [6, 6.07) is 6.21. The predicted molar refractivity (Wildman–Crippen MR) is 218 cm³/mol. The molecule has 23 heteroatoms. The van der Waals surface area contributed by atoms with E-state index in [0.29, 0.717) is 23.6 Å². The number of rotatable bonds is 14. The van der Waals surface area contributed by atoms with Crippen LogP contribution < -0.4 is 10.0 Å². The number of aromatic nitrogens is 5. The van der Waals surface area contributed by atoms with Crippen LogP contribution in [0.15, 0.2) is 54.1 Å². The van der Waals surface area contributed by atoms with Gasteiger partial charge < -0.3 is 5.32 Å². The minimum Gasteiger partial charge on any atom is -0.346 e. The molecule has 3 heterocycles. The first kappa shape index (κ1) is 45.1. The van der Waals surface area contributed by atoms with Crippen molar-refractivity contribution >= 4 is 54.1 Å². The zero-order chi connectivity index (χ0) is 46.4. The van der Waals surface area contributed by atoms with Crippen LogP contribution in [0, 0.1) is 23.5 Å². The number of allylic oxidation sites excluding steroid dienone is 2. The molecule has 2 atom stereocenters. The molecular formula is C41H34ClF8N7O5S2. The quantitative estimate of drug-likeness (QED) is 0.0651. The second kappa shape index (κ2) is 15.9. The van der Waals surface area contributed by atoms with Crippen molar-refractivity contribution in [2.24, 2.45) is 0 Å². The van der Waals surface area contributed by atoms with Gasteiger partial charge in [0.25, 0.3) is 12.9 Å². The summed E-state index contributed by atoms with van der Waals surface area (Å²) in [6.07, 6.45) is -4.09. The van der Waals surface area contributed by atoms with E-state index in [4.69, 9.17) is 11.6 Å². The van der Waals surface area contributed by atoms with Gasteiger partial charge in [-0.3, -0.25) is 18.9 Å². The Labute approximate surface area is 365 Å². The maximum atomic E-state index is 15.4. The van der Waals surface area contributed by atoms with Crippen LogP contribution in [0.1, 0.15) is 79.0 Å². The van der Waals surface area contributed by atoms with E-state index in [1.807, 2.05) is 0 Å². The molecule has 12 nitrogen and oxygen atoms in total. The lowest BCUT2D eigenvalue weighted by atomic mass is 9.93. The molecule has 0 saturated heterocycles. The first-order valence-corrected chi connectivity index (χ1v) is 23.1. The Hall–Kier alpha value is -5.53. The van der Waals surface area contributed by atoms with Crippen LogP contribution in [-0.4, -0.2) is 70.0 Å².